The molecular formula is C25H38N8+2. The lowest BCUT2D eigenvalue weighted by Crippen LogP contribution is -2.68. The molecule has 0 saturated carbocycles. The minimum atomic E-state index is 0.585. The number of nitrogens with zero attached hydrogens (tertiary/aromatic N) is 8. The molecule has 0 atom stereocenters. The number of benzene rings is 1. The van der Waals surface area contributed by atoms with Crippen molar-refractivity contribution >= 4 is 17.3 Å². The fourth-order valence-corrected chi connectivity index (χ4v) is 4.88. The summed E-state index contributed by atoms with van der Waals surface area (Å²) in [5, 5.41) is 13.3. The number of anilines is 1. The average Bonchev–Trinajstić information content (AvgIpc) is 3.23. The summed E-state index contributed by atoms with van der Waals surface area (Å²) >= 11 is 0. The van der Waals surface area contributed by atoms with Gasteiger partial charge in [-0.05, 0) is 35.8 Å². The molecule has 1 aromatic carbocycles. The third-order valence-electron chi connectivity index (χ3n) is 6.93. The van der Waals surface area contributed by atoms with Crippen LogP contribution in [0.15, 0.2) is 66.1 Å². The molecule has 3 aliphatic heterocycles. The molecule has 0 amide bonds. The largest absolute Gasteiger partial charge is 0.404 e. The summed E-state index contributed by atoms with van der Waals surface area (Å²) in [6.45, 7) is 22.3. The molecule has 4 heterocycles. The van der Waals surface area contributed by atoms with Gasteiger partial charge < -0.3 is 9.38 Å². The normalized spacial score (nSPS) is 22.0. The molecule has 0 aliphatic carbocycles. The van der Waals surface area contributed by atoms with E-state index < -0.39 is 0 Å². The van der Waals surface area contributed by atoms with E-state index >= 15 is 0 Å². The van der Waals surface area contributed by atoms with Gasteiger partial charge in [-0.15, -0.1) is 17.8 Å². The summed E-state index contributed by atoms with van der Waals surface area (Å²) in [5.41, 5.74) is 2.10. The second-order valence-electron chi connectivity index (χ2n) is 9.12. The number of azo groups is 1. The maximum atomic E-state index is 4.48. The molecule has 3 aliphatic rings. The van der Waals surface area contributed by atoms with Crippen LogP contribution >= 0.6 is 0 Å². The maximum absolute atomic E-state index is 4.48. The minimum Gasteiger partial charge on any atom is -0.366 e. The van der Waals surface area contributed by atoms with E-state index in [1.807, 2.05) is 10.6 Å². The first-order valence-corrected chi connectivity index (χ1v) is 12.2. The van der Waals surface area contributed by atoms with E-state index in [4.69, 9.17) is 0 Å². The predicted octanol–water partition coefficient (Wildman–Crippen LogP) is 3.32. The van der Waals surface area contributed by atoms with Gasteiger partial charge in [0.1, 0.15) is 6.54 Å². The van der Waals surface area contributed by atoms with Gasteiger partial charge in [-0.25, -0.2) is 4.57 Å². The first kappa shape index (κ1) is 23.3. The van der Waals surface area contributed by atoms with Crippen LogP contribution in [0.3, 0.4) is 0 Å². The molecule has 8 heteroatoms. The third-order valence-corrected chi connectivity index (χ3v) is 6.93. The number of hydrogen-bond acceptors (Lipinski definition) is 5. The number of fused-ring (bicyclic) bond motifs is 3. The molecule has 0 radical (unpaired) electrons. The van der Waals surface area contributed by atoms with Gasteiger partial charge in [-0.1, -0.05) is 24.2 Å². The number of rotatable bonds is 12. The monoisotopic (exact) mass is 450 g/mol. The average molecular weight is 451 g/mol. The number of aromatic nitrogens is 3. The van der Waals surface area contributed by atoms with Gasteiger partial charge in [0.05, 0.1) is 45.0 Å². The standard InChI is InChI=1S/C25H38N8/c1-4-11-30(17-21-33-18-14-29(15-19-33)16-20-33)24-9-7-23(8-10-24)27-28-25-31(12-5-2)22-26-32(25)13-6-3/h5-10,22H,2-4,11-21H2,1H3/q+2. The van der Waals surface area contributed by atoms with Crippen molar-refractivity contribution in [3.05, 3.63) is 55.9 Å². The van der Waals surface area contributed by atoms with Crippen LogP contribution in [0.5, 0.6) is 0 Å². The smallest absolute Gasteiger partial charge is 0.366 e. The second-order valence-corrected chi connectivity index (χ2v) is 9.12. The highest BCUT2D eigenvalue weighted by atomic mass is 15.5. The first-order chi connectivity index (χ1) is 16.2. The Hall–Kier alpha value is -2.84. The molecule has 2 aromatic rings. The Balaban J connectivity index is 1.43. The highest BCUT2D eigenvalue weighted by molar-refractivity contribution is 5.52. The van der Waals surface area contributed by atoms with Gasteiger partial charge in [0.25, 0.3) is 0 Å². The van der Waals surface area contributed by atoms with E-state index in [1.165, 1.54) is 56.0 Å². The summed E-state index contributed by atoms with van der Waals surface area (Å²) in [5.74, 6) is 0.682. The van der Waals surface area contributed by atoms with Gasteiger partial charge in [-0.3, -0.25) is 4.90 Å². The lowest BCUT2D eigenvalue weighted by Gasteiger charge is -2.51. The fraction of sp³-hybridized carbons (Fsp3) is 0.520. The molecule has 8 nitrogen and oxygen atoms in total. The molecule has 3 fully saturated rings. The van der Waals surface area contributed by atoms with Crippen molar-refractivity contribution in [3.63, 3.8) is 0 Å². The van der Waals surface area contributed by atoms with Crippen LogP contribution in [0.2, 0.25) is 0 Å². The van der Waals surface area contributed by atoms with E-state index in [0.717, 1.165) is 25.2 Å². The maximum Gasteiger partial charge on any atom is 0.404 e. The number of piperazine rings is 3. The topological polar surface area (TPSA) is 52.9 Å². The zero-order valence-electron chi connectivity index (χ0n) is 20.0. The molecule has 0 N–H and O–H groups in total. The molecule has 1 aromatic heterocycles. The van der Waals surface area contributed by atoms with Crippen molar-refractivity contribution in [2.45, 2.75) is 26.4 Å². The minimum absolute atomic E-state index is 0.585. The van der Waals surface area contributed by atoms with E-state index in [2.05, 4.69) is 69.5 Å². The zero-order chi connectivity index (χ0) is 23.1. The van der Waals surface area contributed by atoms with E-state index in [1.54, 1.807) is 17.1 Å². The van der Waals surface area contributed by atoms with Crippen LogP contribution in [0, 0.1) is 0 Å². The van der Waals surface area contributed by atoms with E-state index in [9.17, 15) is 0 Å². The Morgan fingerprint density at radius 3 is 2.42 bits per heavy atom. The molecule has 5 rings (SSSR count). The second kappa shape index (κ2) is 10.9. The van der Waals surface area contributed by atoms with Crippen LogP contribution in [0.25, 0.3) is 0 Å². The highest BCUT2D eigenvalue weighted by Gasteiger charge is 2.38. The Kier molecular flexibility index (Phi) is 7.67. The molecule has 2 bridgehead atoms. The lowest BCUT2D eigenvalue weighted by molar-refractivity contribution is -0.939. The summed E-state index contributed by atoms with van der Waals surface area (Å²) in [7, 11) is 0. The summed E-state index contributed by atoms with van der Waals surface area (Å²) in [6.07, 6.45) is 6.52. The first-order valence-electron chi connectivity index (χ1n) is 12.2. The molecule has 0 spiro atoms. The van der Waals surface area contributed by atoms with Crippen LogP contribution in [-0.2, 0) is 13.1 Å². The highest BCUT2D eigenvalue weighted by Crippen LogP contribution is 2.24. The molecule has 176 valence electrons. The Bertz CT molecular complexity index is 912. The van der Waals surface area contributed by atoms with Gasteiger partial charge in [0.15, 0.2) is 0 Å². The summed E-state index contributed by atoms with van der Waals surface area (Å²) < 4.78 is 5.00. The Morgan fingerprint density at radius 1 is 1.06 bits per heavy atom. The molecule has 0 unspecified atom stereocenters. The molecule has 33 heavy (non-hydrogen) atoms. The van der Waals surface area contributed by atoms with Crippen molar-refractivity contribution in [3.8, 4) is 0 Å². The van der Waals surface area contributed by atoms with Crippen LogP contribution < -0.4 is 9.47 Å². The van der Waals surface area contributed by atoms with Crippen molar-refractivity contribution in [1.29, 1.82) is 0 Å². The Morgan fingerprint density at radius 2 is 1.79 bits per heavy atom. The molecular weight excluding hydrogens is 412 g/mol. The van der Waals surface area contributed by atoms with Gasteiger partial charge in [0.2, 0.25) is 6.33 Å². The van der Waals surface area contributed by atoms with Crippen molar-refractivity contribution in [2.24, 2.45) is 10.2 Å². The van der Waals surface area contributed by atoms with Crippen molar-refractivity contribution in [1.82, 2.24) is 14.7 Å². The predicted molar refractivity (Wildman–Crippen MR) is 132 cm³/mol. The summed E-state index contributed by atoms with van der Waals surface area (Å²) in [4.78, 5) is 5.15. The molecule has 3 saturated heterocycles. The zero-order valence-corrected chi connectivity index (χ0v) is 20.0. The van der Waals surface area contributed by atoms with Crippen molar-refractivity contribution in [2.75, 3.05) is 63.8 Å². The van der Waals surface area contributed by atoms with E-state index in [0.29, 0.717) is 19.0 Å². The van der Waals surface area contributed by atoms with E-state index in [-0.39, 0.29) is 0 Å². The Labute approximate surface area is 197 Å². The third kappa shape index (κ3) is 5.57. The fourth-order valence-electron chi connectivity index (χ4n) is 4.88. The quantitative estimate of drug-likeness (QED) is 0.216. The van der Waals surface area contributed by atoms with Crippen LogP contribution in [-0.4, -0.2) is 78.1 Å². The van der Waals surface area contributed by atoms with Gasteiger partial charge in [0, 0.05) is 37.0 Å². The number of hydrogen-bond donors (Lipinski definition) is 0. The number of allylic oxidation sites excluding steroid dienone is 2. The van der Waals surface area contributed by atoms with Crippen LogP contribution in [0.4, 0.5) is 17.3 Å². The van der Waals surface area contributed by atoms with Gasteiger partial charge in [-0.2, -0.15) is 0 Å². The summed E-state index contributed by atoms with van der Waals surface area (Å²) in [6, 6.07) is 8.47. The SMILES string of the molecule is C=CCn1nc[n+](CC=C)c1N=Nc1ccc(N(CCC)CC[N+]23CCN(CC2)CC3)cc1. The van der Waals surface area contributed by atoms with Crippen LogP contribution in [0.1, 0.15) is 13.3 Å². The van der Waals surface area contributed by atoms with Gasteiger partial charge >= 0.3 is 5.95 Å². The lowest BCUT2D eigenvalue weighted by atomic mass is 10.1. The van der Waals surface area contributed by atoms with Crippen molar-refractivity contribution < 1.29 is 9.05 Å². The number of quaternary nitrogens is 1.